The maximum absolute atomic E-state index is 10.3. The molecule has 0 aromatic rings. The molecule has 0 aliphatic carbocycles. The second-order valence-electron chi connectivity index (χ2n) is 2.46. The standard InChI is InChI=1S/C6H12ClNO4/c7-5(12)1-8-6(2-9,3-10)4-11/h8-11H,1-4H2. The Kier molecular flexibility index (Phi) is 5.36. The molecule has 0 aromatic carbocycles. The van der Waals surface area contributed by atoms with Crippen molar-refractivity contribution >= 4 is 16.8 Å². The van der Waals surface area contributed by atoms with E-state index in [2.05, 4.69) is 5.32 Å². The number of nitrogens with one attached hydrogen (secondary N) is 1. The van der Waals surface area contributed by atoms with Gasteiger partial charge < -0.3 is 15.3 Å². The summed E-state index contributed by atoms with van der Waals surface area (Å²) in [5.74, 6) is 0. The highest BCUT2D eigenvalue weighted by atomic mass is 35.5. The first-order valence-corrected chi connectivity index (χ1v) is 3.74. The van der Waals surface area contributed by atoms with Gasteiger partial charge >= 0.3 is 0 Å². The summed E-state index contributed by atoms with van der Waals surface area (Å²) < 4.78 is 0. The number of carbonyl (C=O) groups excluding carboxylic acids is 1. The van der Waals surface area contributed by atoms with Crippen molar-refractivity contribution in [3.05, 3.63) is 0 Å². The smallest absolute Gasteiger partial charge is 0.235 e. The molecule has 0 rings (SSSR count). The van der Waals surface area contributed by atoms with E-state index in [4.69, 9.17) is 26.9 Å². The van der Waals surface area contributed by atoms with Gasteiger partial charge in [0.25, 0.3) is 0 Å². The molecule has 0 saturated carbocycles. The van der Waals surface area contributed by atoms with Crippen LogP contribution in [-0.4, -0.2) is 52.5 Å². The Morgan fingerprint density at radius 3 is 1.92 bits per heavy atom. The SMILES string of the molecule is O=C(Cl)CNC(CO)(CO)CO. The number of halogens is 1. The molecule has 0 bridgehead atoms. The fourth-order valence-corrected chi connectivity index (χ4v) is 0.642. The van der Waals surface area contributed by atoms with Crippen LogP contribution in [0.5, 0.6) is 0 Å². The molecule has 12 heavy (non-hydrogen) atoms. The normalized spacial score (nSPS) is 11.7. The van der Waals surface area contributed by atoms with Crippen LogP contribution >= 0.6 is 11.6 Å². The Hall–Kier alpha value is -0.200. The molecule has 0 unspecified atom stereocenters. The maximum atomic E-state index is 10.3. The highest BCUT2D eigenvalue weighted by Crippen LogP contribution is 2.00. The largest absolute Gasteiger partial charge is 0.394 e. The fraction of sp³-hybridized carbons (Fsp3) is 0.833. The van der Waals surface area contributed by atoms with Crippen molar-refractivity contribution in [2.75, 3.05) is 26.4 Å². The fourth-order valence-electron chi connectivity index (χ4n) is 0.575. The third kappa shape index (κ3) is 3.46. The van der Waals surface area contributed by atoms with E-state index < -0.39 is 30.6 Å². The lowest BCUT2D eigenvalue weighted by Gasteiger charge is -2.27. The van der Waals surface area contributed by atoms with E-state index in [9.17, 15) is 4.79 Å². The highest BCUT2D eigenvalue weighted by Gasteiger charge is 2.27. The molecule has 0 radical (unpaired) electrons. The minimum atomic E-state index is -1.23. The number of carbonyl (C=O) groups is 1. The molecule has 5 nitrogen and oxygen atoms in total. The van der Waals surface area contributed by atoms with Crippen LogP contribution < -0.4 is 5.32 Å². The number of rotatable bonds is 6. The van der Waals surface area contributed by atoms with Crippen LogP contribution in [0.15, 0.2) is 0 Å². The molecular weight excluding hydrogens is 186 g/mol. The highest BCUT2D eigenvalue weighted by molar-refractivity contribution is 6.64. The first kappa shape index (κ1) is 11.8. The quantitative estimate of drug-likeness (QED) is 0.372. The first-order valence-electron chi connectivity index (χ1n) is 3.36. The Bertz CT molecular complexity index is 140. The summed E-state index contributed by atoms with van der Waals surface area (Å²) in [4.78, 5) is 10.3. The lowest BCUT2D eigenvalue weighted by atomic mass is 10.0. The van der Waals surface area contributed by atoms with Crippen LogP contribution in [0, 0.1) is 0 Å². The van der Waals surface area contributed by atoms with E-state index in [0.717, 1.165) is 0 Å². The molecule has 0 fully saturated rings. The van der Waals surface area contributed by atoms with Crippen molar-refractivity contribution in [3.63, 3.8) is 0 Å². The number of aliphatic hydroxyl groups is 3. The van der Waals surface area contributed by atoms with Crippen LogP contribution in [0.1, 0.15) is 0 Å². The van der Waals surface area contributed by atoms with Crippen LogP contribution in [0.2, 0.25) is 0 Å². The van der Waals surface area contributed by atoms with Gasteiger partial charge in [-0.05, 0) is 11.6 Å². The second kappa shape index (κ2) is 5.45. The number of hydrogen-bond donors (Lipinski definition) is 4. The van der Waals surface area contributed by atoms with E-state index in [-0.39, 0.29) is 6.54 Å². The minimum absolute atomic E-state index is 0.205. The molecule has 0 aliphatic heterocycles. The minimum Gasteiger partial charge on any atom is -0.394 e. The molecule has 4 N–H and O–H groups in total. The summed E-state index contributed by atoms with van der Waals surface area (Å²) in [5, 5.41) is 28.1. The predicted molar refractivity (Wildman–Crippen MR) is 42.9 cm³/mol. The molecule has 0 spiro atoms. The summed E-state index contributed by atoms with van der Waals surface area (Å²) in [6.45, 7) is -1.61. The molecule has 0 atom stereocenters. The topological polar surface area (TPSA) is 89.8 Å². The van der Waals surface area contributed by atoms with E-state index in [1.165, 1.54) is 0 Å². The van der Waals surface area contributed by atoms with Crippen molar-refractivity contribution in [1.82, 2.24) is 5.32 Å². The van der Waals surface area contributed by atoms with E-state index >= 15 is 0 Å². The van der Waals surface area contributed by atoms with Gasteiger partial charge in [-0.1, -0.05) is 0 Å². The Balaban J connectivity index is 4.01. The molecule has 0 aliphatic rings. The van der Waals surface area contributed by atoms with Crippen molar-refractivity contribution < 1.29 is 20.1 Å². The van der Waals surface area contributed by atoms with Gasteiger partial charge in [0.05, 0.1) is 31.9 Å². The molecule has 72 valence electrons. The summed E-state index contributed by atoms with van der Waals surface area (Å²) in [5.41, 5.74) is -1.23. The van der Waals surface area contributed by atoms with Gasteiger partial charge in [-0.15, -0.1) is 0 Å². The van der Waals surface area contributed by atoms with Gasteiger partial charge in [0.2, 0.25) is 5.24 Å². The molecule has 0 saturated heterocycles. The molecule has 0 amide bonds. The first-order chi connectivity index (χ1) is 5.60. The van der Waals surface area contributed by atoms with Gasteiger partial charge in [0, 0.05) is 0 Å². The third-order valence-electron chi connectivity index (χ3n) is 1.51. The van der Waals surface area contributed by atoms with Gasteiger partial charge in [0.1, 0.15) is 0 Å². The average molecular weight is 198 g/mol. The third-order valence-corrected chi connectivity index (χ3v) is 1.64. The number of aliphatic hydroxyl groups excluding tert-OH is 3. The van der Waals surface area contributed by atoms with Gasteiger partial charge in [-0.2, -0.15) is 0 Å². The Morgan fingerprint density at radius 2 is 1.67 bits per heavy atom. The summed E-state index contributed by atoms with van der Waals surface area (Å²) in [7, 11) is 0. The summed E-state index contributed by atoms with van der Waals surface area (Å²) in [6.07, 6.45) is 0. The van der Waals surface area contributed by atoms with E-state index in [0.29, 0.717) is 0 Å². The zero-order valence-corrected chi connectivity index (χ0v) is 7.21. The van der Waals surface area contributed by atoms with E-state index in [1.807, 2.05) is 0 Å². The van der Waals surface area contributed by atoms with Crippen molar-refractivity contribution in [2.24, 2.45) is 0 Å². The van der Waals surface area contributed by atoms with Crippen LogP contribution in [0.4, 0.5) is 0 Å². The molecule has 0 aromatic heterocycles. The second-order valence-corrected chi connectivity index (χ2v) is 2.88. The van der Waals surface area contributed by atoms with Crippen LogP contribution in [0.3, 0.4) is 0 Å². The average Bonchev–Trinajstić information content (AvgIpc) is 2.08. The zero-order chi connectivity index (χ0) is 9.61. The Labute approximate surface area is 75.0 Å². The van der Waals surface area contributed by atoms with Crippen LogP contribution in [-0.2, 0) is 4.79 Å². The lowest BCUT2D eigenvalue weighted by Crippen LogP contribution is -2.55. The predicted octanol–water partition coefficient (Wildman–Crippen LogP) is -1.94. The Morgan fingerprint density at radius 1 is 1.25 bits per heavy atom. The monoisotopic (exact) mass is 197 g/mol. The molecular formula is C6H12ClNO4. The summed E-state index contributed by atoms with van der Waals surface area (Å²) in [6, 6.07) is 0. The number of hydrogen-bond acceptors (Lipinski definition) is 5. The zero-order valence-electron chi connectivity index (χ0n) is 6.46. The van der Waals surface area contributed by atoms with Crippen molar-refractivity contribution in [1.29, 1.82) is 0 Å². The molecule has 6 heteroatoms. The molecule has 0 heterocycles. The van der Waals surface area contributed by atoms with Crippen molar-refractivity contribution in [2.45, 2.75) is 5.54 Å². The summed E-state index contributed by atoms with van der Waals surface area (Å²) >= 11 is 5.01. The van der Waals surface area contributed by atoms with Gasteiger partial charge in [0.15, 0.2) is 0 Å². The van der Waals surface area contributed by atoms with E-state index in [1.54, 1.807) is 0 Å². The lowest BCUT2D eigenvalue weighted by molar-refractivity contribution is -0.111. The van der Waals surface area contributed by atoms with Gasteiger partial charge in [-0.3, -0.25) is 10.1 Å². The maximum Gasteiger partial charge on any atom is 0.235 e. The van der Waals surface area contributed by atoms with Crippen LogP contribution in [0.25, 0.3) is 0 Å². The van der Waals surface area contributed by atoms with Crippen molar-refractivity contribution in [3.8, 4) is 0 Å². The van der Waals surface area contributed by atoms with Gasteiger partial charge in [-0.25, -0.2) is 0 Å².